The lowest BCUT2D eigenvalue weighted by molar-refractivity contribution is 0.0899. The molecule has 1 fully saturated rings. The van der Waals surface area contributed by atoms with E-state index in [2.05, 4.69) is 17.1 Å². The van der Waals surface area contributed by atoms with Crippen LogP contribution in [0, 0.1) is 5.92 Å². The van der Waals surface area contributed by atoms with Crippen molar-refractivity contribution < 1.29 is 9.53 Å². The van der Waals surface area contributed by atoms with E-state index < -0.39 is 0 Å². The number of nitrogens with one attached hydrogen (secondary N) is 1. The molecule has 1 rings (SSSR count). The number of hydrogen-bond donors (Lipinski definition) is 2. The Balaban J connectivity index is 2.52. The highest BCUT2D eigenvalue weighted by Gasteiger charge is 2.29. The lowest BCUT2D eigenvalue weighted by atomic mass is 9.91. The molecule has 2 atom stereocenters. The molecule has 1 aliphatic rings. The molecule has 1 aliphatic heterocycles. The number of hydrazine groups is 1. The van der Waals surface area contributed by atoms with Crippen molar-refractivity contribution in [3.8, 4) is 0 Å². The van der Waals surface area contributed by atoms with Gasteiger partial charge in [-0.3, -0.25) is 11.3 Å². The van der Waals surface area contributed by atoms with Gasteiger partial charge in [0.05, 0.1) is 7.11 Å². The standard InChI is InChI=1S/C9H19N3O2/c1-3-7-6-12(9(13)14-2)5-4-8(7)11-10/h7-8,11H,3-6,10H2,1-2H3/t7-,8+/m1/s1. The highest BCUT2D eigenvalue weighted by molar-refractivity contribution is 5.67. The van der Waals surface area contributed by atoms with Crippen LogP contribution >= 0.6 is 0 Å². The molecule has 0 aromatic heterocycles. The minimum absolute atomic E-state index is 0.237. The van der Waals surface area contributed by atoms with Gasteiger partial charge < -0.3 is 9.64 Å². The van der Waals surface area contributed by atoms with E-state index in [1.54, 1.807) is 4.90 Å². The van der Waals surface area contributed by atoms with Gasteiger partial charge in [-0.2, -0.15) is 0 Å². The summed E-state index contributed by atoms with van der Waals surface area (Å²) < 4.78 is 4.69. The summed E-state index contributed by atoms with van der Waals surface area (Å²) in [6.07, 6.45) is 1.67. The first kappa shape index (κ1) is 11.3. The maximum absolute atomic E-state index is 11.3. The van der Waals surface area contributed by atoms with Gasteiger partial charge in [0.25, 0.3) is 0 Å². The van der Waals surface area contributed by atoms with Gasteiger partial charge in [-0.05, 0) is 12.3 Å². The van der Waals surface area contributed by atoms with Crippen LogP contribution in [0.5, 0.6) is 0 Å². The van der Waals surface area contributed by atoms with Gasteiger partial charge in [-0.1, -0.05) is 13.3 Å². The molecule has 3 N–H and O–H groups in total. The zero-order valence-electron chi connectivity index (χ0n) is 8.82. The Bertz CT molecular complexity index is 198. The van der Waals surface area contributed by atoms with Gasteiger partial charge in [-0.15, -0.1) is 0 Å². The fourth-order valence-electron chi connectivity index (χ4n) is 1.96. The normalized spacial score (nSPS) is 27.5. The first-order valence-corrected chi connectivity index (χ1v) is 5.02. The van der Waals surface area contributed by atoms with Crippen molar-refractivity contribution in [2.24, 2.45) is 11.8 Å². The van der Waals surface area contributed by atoms with Crippen LogP contribution in [0.15, 0.2) is 0 Å². The fourth-order valence-corrected chi connectivity index (χ4v) is 1.96. The monoisotopic (exact) mass is 201 g/mol. The van der Waals surface area contributed by atoms with E-state index in [1.807, 2.05) is 0 Å². The van der Waals surface area contributed by atoms with Gasteiger partial charge >= 0.3 is 6.09 Å². The highest BCUT2D eigenvalue weighted by atomic mass is 16.5. The Kier molecular flexibility index (Phi) is 4.16. The molecule has 0 saturated carbocycles. The molecule has 0 unspecified atom stereocenters. The van der Waals surface area contributed by atoms with Crippen molar-refractivity contribution in [1.82, 2.24) is 10.3 Å². The smallest absolute Gasteiger partial charge is 0.409 e. The van der Waals surface area contributed by atoms with Crippen molar-refractivity contribution >= 4 is 6.09 Å². The molecule has 0 aromatic rings. The SMILES string of the molecule is CC[C@@H]1CN(C(=O)OC)CC[C@@H]1NN. The number of rotatable bonds is 2. The van der Waals surface area contributed by atoms with Crippen molar-refractivity contribution in [2.45, 2.75) is 25.8 Å². The summed E-state index contributed by atoms with van der Waals surface area (Å²) in [6.45, 7) is 3.56. The average Bonchev–Trinajstić information content (AvgIpc) is 2.26. The molecule has 1 saturated heterocycles. The second-order valence-electron chi connectivity index (χ2n) is 3.65. The average molecular weight is 201 g/mol. The molecule has 5 heteroatoms. The lowest BCUT2D eigenvalue weighted by Gasteiger charge is -2.36. The molecule has 1 amide bonds. The van der Waals surface area contributed by atoms with Gasteiger partial charge in [0, 0.05) is 19.1 Å². The third-order valence-electron chi connectivity index (χ3n) is 2.91. The Hall–Kier alpha value is -0.810. The number of nitrogens with zero attached hydrogens (tertiary/aromatic N) is 1. The fraction of sp³-hybridized carbons (Fsp3) is 0.889. The molecule has 5 nitrogen and oxygen atoms in total. The molecular weight excluding hydrogens is 182 g/mol. The molecule has 1 heterocycles. The van der Waals surface area contributed by atoms with Gasteiger partial charge in [0.2, 0.25) is 0 Å². The number of ether oxygens (including phenoxy) is 1. The van der Waals surface area contributed by atoms with Gasteiger partial charge in [-0.25, -0.2) is 4.79 Å². The van der Waals surface area contributed by atoms with Crippen molar-refractivity contribution in [3.63, 3.8) is 0 Å². The molecule has 14 heavy (non-hydrogen) atoms. The van der Waals surface area contributed by atoms with E-state index in [4.69, 9.17) is 5.84 Å². The van der Waals surface area contributed by atoms with E-state index >= 15 is 0 Å². The quantitative estimate of drug-likeness (QED) is 0.498. The van der Waals surface area contributed by atoms with E-state index in [-0.39, 0.29) is 6.09 Å². The Morgan fingerprint density at radius 1 is 1.71 bits per heavy atom. The van der Waals surface area contributed by atoms with E-state index in [0.29, 0.717) is 12.0 Å². The van der Waals surface area contributed by atoms with Crippen LogP contribution in [0.4, 0.5) is 4.79 Å². The number of methoxy groups -OCH3 is 1. The third-order valence-corrected chi connectivity index (χ3v) is 2.91. The summed E-state index contributed by atoms with van der Waals surface area (Å²) in [5.41, 5.74) is 2.80. The Morgan fingerprint density at radius 2 is 2.43 bits per heavy atom. The second kappa shape index (κ2) is 5.17. The van der Waals surface area contributed by atoms with E-state index in [9.17, 15) is 4.79 Å². The number of carbonyl (C=O) groups is 1. The van der Waals surface area contributed by atoms with Gasteiger partial charge in [0.15, 0.2) is 0 Å². The van der Waals surface area contributed by atoms with Crippen molar-refractivity contribution in [1.29, 1.82) is 0 Å². The summed E-state index contributed by atoms with van der Waals surface area (Å²) in [4.78, 5) is 13.0. The maximum atomic E-state index is 11.3. The number of likely N-dealkylation sites (tertiary alicyclic amines) is 1. The molecule has 0 radical (unpaired) electrons. The zero-order valence-corrected chi connectivity index (χ0v) is 8.82. The molecule has 0 bridgehead atoms. The largest absolute Gasteiger partial charge is 0.453 e. The van der Waals surface area contributed by atoms with E-state index in [0.717, 1.165) is 25.9 Å². The van der Waals surface area contributed by atoms with Crippen LogP contribution in [0.1, 0.15) is 19.8 Å². The molecular formula is C9H19N3O2. The summed E-state index contributed by atoms with van der Waals surface area (Å²) in [7, 11) is 1.41. The summed E-state index contributed by atoms with van der Waals surface area (Å²) in [5.74, 6) is 5.86. The van der Waals surface area contributed by atoms with Crippen LogP contribution in [0.25, 0.3) is 0 Å². The number of nitrogens with two attached hydrogens (primary N) is 1. The highest BCUT2D eigenvalue weighted by Crippen LogP contribution is 2.19. The van der Waals surface area contributed by atoms with Crippen LogP contribution < -0.4 is 11.3 Å². The number of carbonyl (C=O) groups excluding carboxylic acids is 1. The summed E-state index contributed by atoms with van der Waals surface area (Å²) >= 11 is 0. The van der Waals surface area contributed by atoms with Gasteiger partial charge in [0.1, 0.15) is 0 Å². The first-order chi connectivity index (χ1) is 6.72. The zero-order chi connectivity index (χ0) is 10.6. The summed E-state index contributed by atoms with van der Waals surface area (Å²) in [6, 6.07) is 0.320. The number of amides is 1. The molecule has 0 spiro atoms. The van der Waals surface area contributed by atoms with E-state index in [1.165, 1.54) is 7.11 Å². The molecule has 0 aromatic carbocycles. The minimum Gasteiger partial charge on any atom is -0.453 e. The van der Waals surface area contributed by atoms with Crippen LogP contribution in [0.3, 0.4) is 0 Å². The number of piperidine rings is 1. The predicted molar refractivity (Wildman–Crippen MR) is 53.5 cm³/mol. The summed E-state index contributed by atoms with van der Waals surface area (Å²) in [5, 5.41) is 0. The van der Waals surface area contributed by atoms with Crippen LogP contribution in [0.2, 0.25) is 0 Å². The molecule has 82 valence electrons. The van der Waals surface area contributed by atoms with Crippen LogP contribution in [-0.4, -0.2) is 37.2 Å². The second-order valence-corrected chi connectivity index (χ2v) is 3.65. The van der Waals surface area contributed by atoms with Crippen molar-refractivity contribution in [3.05, 3.63) is 0 Å². The van der Waals surface area contributed by atoms with Crippen molar-refractivity contribution in [2.75, 3.05) is 20.2 Å². The topological polar surface area (TPSA) is 67.6 Å². The maximum Gasteiger partial charge on any atom is 0.409 e. The molecule has 0 aliphatic carbocycles. The Labute approximate surface area is 84.5 Å². The number of hydrogen-bond acceptors (Lipinski definition) is 4. The Morgan fingerprint density at radius 3 is 2.93 bits per heavy atom. The first-order valence-electron chi connectivity index (χ1n) is 5.02. The lowest BCUT2D eigenvalue weighted by Crippen LogP contribution is -2.52. The van der Waals surface area contributed by atoms with Crippen LogP contribution in [-0.2, 0) is 4.74 Å². The predicted octanol–water partition coefficient (Wildman–Crippen LogP) is 0.317. The third kappa shape index (κ3) is 2.36. The minimum atomic E-state index is -0.237.